The van der Waals surface area contributed by atoms with Gasteiger partial charge in [-0.2, -0.15) is 0 Å². The largest absolute Gasteiger partial charge is 0.379 e. The molecule has 2 fully saturated rings. The molecule has 0 bridgehead atoms. The zero-order valence-electron chi connectivity index (χ0n) is 10.2. The monoisotopic (exact) mass is 253 g/mol. The molecular formula is C14H17F2NO. The summed E-state index contributed by atoms with van der Waals surface area (Å²) >= 11 is 0. The summed E-state index contributed by atoms with van der Waals surface area (Å²) in [4.78, 5) is 0. The molecule has 1 atom stereocenters. The number of benzene rings is 1. The first-order valence-electron chi connectivity index (χ1n) is 6.49. The molecular weight excluding hydrogens is 236 g/mol. The number of halogens is 2. The number of nitrogens with one attached hydrogen (secondary N) is 1. The van der Waals surface area contributed by atoms with E-state index in [-0.39, 0.29) is 11.5 Å². The minimum atomic E-state index is -0.525. The van der Waals surface area contributed by atoms with Gasteiger partial charge in [0.1, 0.15) is 11.6 Å². The van der Waals surface area contributed by atoms with Crippen molar-refractivity contribution in [2.24, 2.45) is 0 Å². The van der Waals surface area contributed by atoms with Gasteiger partial charge in [0.2, 0.25) is 0 Å². The third-order valence-electron chi connectivity index (χ3n) is 4.16. The SMILES string of the molecule is Fc1ccc(C2(C3CCCCN3)COC2)c(F)c1. The fourth-order valence-electron chi connectivity index (χ4n) is 3.08. The van der Waals surface area contributed by atoms with Crippen molar-refractivity contribution in [2.45, 2.75) is 30.7 Å². The second kappa shape index (κ2) is 4.59. The number of hydrogen-bond acceptors (Lipinski definition) is 2. The van der Waals surface area contributed by atoms with Crippen LogP contribution in [0.15, 0.2) is 18.2 Å². The summed E-state index contributed by atoms with van der Waals surface area (Å²) in [7, 11) is 0. The van der Waals surface area contributed by atoms with Gasteiger partial charge in [-0.1, -0.05) is 12.5 Å². The van der Waals surface area contributed by atoms with Crippen LogP contribution < -0.4 is 5.32 Å². The maximum Gasteiger partial charge on any atom is 0.130 e. The van der Waals surface area contributed by atoms with Crippen LogP contribution >= 0.6 is 0 Å². The minimum absolute atomic E-state index is 0.236. The summed E-state index contributed by atoms with van der Waals surface area (Å²) in [5.74, 6) is -0.978. The van der Waals surface area contributed by atoms with E-state index in [0.29, 0.717) is 18.8 Å². The van der Waals surface area contributed by atoms with Crippen LogP contribution in [-0.4, -0.2) is 25.8 Å². The molecule has 0 radical (unpaired) electrons. The van der Waals surface area contributed by atoms with E-state index in [1.165, 1.54) is 12.5 Å². The van der Waals surface area contributed by atoms with Crippen molar-refractivity contribution in [2.75, 3.05) is 19.8 Å². The van der Waals surface area contributed by atoms with Crippen molar-refractivity contribution in [3.63, 3.8) is 0 Å². The molecule has 3 rings (SSSR count). The first kappa shape index (κ1) is 12.1. The highest BCUT2D eigenvalue weighted by Crippen LogP contribution is 2.40. The summed E-state index contributed by atoms with van der Waals surface area (Å²) in [6, 6.07) is 4.11. The molecule has 0 amide bonds. The summed E-state index contributed by atoms with van der Waals surface area (Å²) in [5, 5.41) is 3.46. The Kier molecular flexibility index (Phi) is 3.08. The summed E-state index contributed by atoms with van der Waals surface area (Å²) in [5.41, 5.74) is 0.285. The molecule has 2 heterocycles. The lowest BCUT2D eigenvalue weighted by atomic mass is 9.70. The second-order valence-corrected chi connectivity index (χ2v) is 5.28. The quantitative estimate of drug-likeness (QED) is 0.873. The van der Waals surface area contributed by atoms with Gasteiger partial charge in [0.25, 0.3) is 0 Å². The summed E-state index contributed by atoms with van der Waals surface area (Å²) in [6.45, 7) is 2.01. The number of ether oxygens (including phenoxy) is 1. The maximum atomic E-state index is 14.0. The molecule has 18 heavy (non-hydrogen) atoms. The zero-order chi connectivity index (χ0) is 12.6. The van der Waals surface area contributed by atoms with Gasteiger partial charge in [-0.15, -0.1) is 0 Å². The highest BCUT2D eigenvalue weighted by Gasteiger charge is 2.48. The smallest absolute Gasteiger partial charge is 0.130 e. The van der Waals surface area contributed by atoms with Gasteiger partial charge in [-0.3, -0.25) is 0 Å². The molecule has 1 N–H and O–H groups in total. The number of hydrogen-bond donors (Lipinski definition) is 1. The van der Waals surface area contributed by atoms with E-state index < -0.39 is 11.6 Å². The van der Waals surface area contributed by atoms with Crippen LogP contribution in [0.3, 0.4) is 0 Å². The van der Waals surface area contributed by atoms with Gasteiger partial charge in [-0.25, -0.2) is 8.78 Å². The Labute approximate surface area is 105 Å². The third kappa shape index (κ3) is 1.84. The van der Waals surface area contributed by atoms with Crippen LogP contribution in [0.25, 0.3) is 0 Å². The standard InChI is InChI=1S/C14H17F2NO/c15-10-4-5-11(12(16)7-10)14(8-18-9-14)13-3-1-2-6-17-13/h4-5,7,13,17H,1-3,6,8-9H2. The van der Waals surface area contributed by atoms with Crippen molar-refractivity contribution in [1.82, 2.24) is 5.32 Å². The second-order valence-electron chi connectivity index (χ2n) is 5.28. The fraction of sp³-hybridized carbons (Fsp3) is 0.571. The highest BCUT2D eigenvalue weighted by molar-refractivity contribution is 5.32. The van der Waals surface area contributed by atoms with Gasteiger partial charge in [0, 0.05) is 17.7 Å². The van der Waals surface area contributed by atoms with Crippen molar-refractivity contribution in [3.8, 4) is 0 Å². The van der Waals surface area contributed by atoms with Gasteiger partial charge in [-0.05, 0) is 25.5 Å². The molecule has 4 heteroatoms. The topological polar surface area (TPSA) is 21.3 Å². The molecule has 2 aliphatic heterocycles. The van der Waals surface area contributed by atoms with E-state index in [2.05, 4.69) is 5.32 Å². The maximum absolute atomic E-state index is 14.0. The molecule has 1 aromatic rings. The molecule has 2 aliphatic rings. The van der Waals surface area contributed by atoms with Crippen LogP contribution in [0.1, 0.15) is 24.8 Å². The Bertz CT molecular complexity index is 439. The van der Waals surface area contributed by atoms with E-state index in [0.717, 1.165) is 25.5 Å². The fourth-order valence-corrected chi connectivity index (χ4v) is 3.08. The van der Waals surface area contributed by atoms with Crippen LogP contribution in [-0.2, 0) is 10.2 Å². The van der Waals surface area contributed by atoms with Crippen LogP contribution in [0.5, 0.6) is 0 Å². The van der Waals surface area contributed by atoms with Crippen LogP contribution in [0, 0.1) is 11.6 Å². The summed E-state index contributed by atoms with van der Waals surface area (Å²) < 4.78 is 32.3. The molecule has 98 valence electrons. The molecule has 1 aromatic carbocycles. The lowest BCUT2D eigenvalue weighted by molar-refractivity contribution is -0.0843. The van der Waals surface area contributed by atoms with E-state index in [9.17, 15) is 8.78 Å². The molecule has 1 unspecified atom stereocenters. The van der Waals surface area contributed by atoms with E-state index >= 15 is 0 Å². The third-order valence-corrected chi connectivity index (χ3v) is 4.16. The average Bonchev–Trinajstić information content (AvgIpc) is 2.32. The van der Waals surface area contributed by atoms with Crippen molar-refractivity contribution < 1.29 is 13.5 Å². The van der Waals surface area contributed by atoms with E-state index in [1.807, 2.05) is 0 Å². The van der Waals surface area contributed by atoms with Crippen molar-refractivity contribution in [1.29, 1.82) is 0 Å². The zero-order valence-corrected chi connectivity index (χ0v) is 10.2. The lowest BCUT2D eigenvalue weighted by Gasteiger charge is -2.49. The molecule has 2 nitrogen and oxygen atoms in total. The Hall–Kier alpha value is -1.00. The van der Waals surface area contributed by atoms with Gasteiger partial charge < -0.3 is 10.1 Å². The Morgan fingerprint density at radius 2 is 2.06 bits per heavy atom. The van der Waals surface area contributed by atoms with Gasteiger partial charge in [0.15, 0.2) is 0 Å². The van der Waals surface area contributed by atoms with Crippen LogP contribution in [0.4, 0.5) is 8.78 Å². The molecule has 0 saturated carbocycles. The predicted octanol–water partition coefficient (Wildman–Crippen LogP) is 2.37. The highest BCUT2D eigenvalue weighted by atomic mass is 19.1. The van der Waals surface area contributed by atoms with E-state index in [4.69, 9.17) is 4.74 Å². The molecule has 2 saturated heterocycles. The Balaban J connectivity index is 1.94. The normalized spacial score (nSPS) is 26.7. The Morgan fingerprint density at radius 3 is 2.61 bits per heavy atom. The number of piperidine rings is 1. The average molecular weight is 253 g/mol. The Morgan fingerprint density at radius 1 is 1.22 bits per heavy atom. The van der Waals surface area contributed by atoms with Gasteiger partial charge in [0.05, 0.1) is 18.6 Å². The van der Waals surface area contributed by atoms with Gasteiger partial charge >= 0.3 is 0 Å². The first-order chi connectivity index (χ1) is 8.72. The summed E-state index contributed by atoms with van der Waals surface area (Å²) in [6.07, 6.45) is 3.35. The van der Waals surface area contributed by atoms with Crippen molar-refractivity contribution >= 4 is 0 Å². The number of rotatable bonds is 2. The molecule has 0 spiro atoms. The van der Waals surface area contributed by atoms with Crippen molar-refractivity contribution in [3.05, 3.63) is 35.4 Å². The lowest BCUT2D eigenvalue weighted by Crippen LogP contribution is -2.61. The predicted molar refractivity (Wildman–Crippen MR) is 64.5 cm³/mol. The molecule has 0 aliphatic carbocycles. The van der Waals surface area contributed by atoms with Crippen LogP contribution in [0.2, 0.25) is 0 Å². The molecule has 0 aromatic heterocycles. The van der Waals surface area contributed by atoms with E-state index in [1.54, 1.807) is 6.07 Å². The first-order valence-corrected chi connectivity index (χ1v) is 6.49. The minimum Gasteiger partial charge on any atom is -0.379 e.